The SMILES string of the molecule is C1=CCCC(C2N=C(S(c3ccccc3)(c3ccccc3)c3ccc4c(c3)c3ccccc3n4-c3ccccc3)NC(C3=CCCC=C3)N2)=C1. The average molecular weight is 669 g/mol. The van der Waals surface area contributed by atoms with Gasteiger partial charge in [0.15, 0.2) is 5.17 Å². The molecule has 9 rings (SSSR count). The van der Waals surface area contributed by atoms with Crippen molar-refractivity contribution in [1.82, 2.24) is 15.2 Å². The predicted octanol–water partition coefficient (Wildman–Crippen LogP) is 10.8. The van der Waals surface area contributed by atoms with Crippen LogP contribution in [-0.4, -0.2) is 22.1 Å². The number of fused-ring (bicyclic) bond motifs is 3. The molecule has 3 aliphatic rings. The number of amidine groups is 1. The first-order chi connectivity index (χ1) is 24.8. The van der Waals surface area contributed by atoms with E-state index in [0.29, 0.717) is 0 Å². The number of aliphatic imine (C=N–C) groups is 1. The number of nitrogens with one attached hydrogen (secondary N) is 2. The van der Waals surface area contributed by atoms with E-state index in [4.69, 9.17) is 4.99 Å². The van der Waals surface area contributed by atoms with Crippen LogP contribution in [0, 0.1) is 0 Å². The molecule has 5 heteroatoms. The second-order valence-electron chi connectivity index (χ2n) is 13.1. The van der Waals surface area contributed by atoms with Crippen LogP contribution in [0.3, 0.4) is 0 Å². The van der Waals surface area contributed by atoms with Crippen molar-refractivity contribution in [2.24, 2.45) is 4.99 Å². The Kier molecular flexibility index (Phi) is 8.08. The van der Waals surface area contributed by atoms with Gasteiger partial charge in [-0.25, -0.2) is 4.99 Å². The average Bonchev–Trinajstić information content (AvgIpc) is 3.54. The molecule has 0 bridgehead atoms. The number of rotatable bonds is 6. The summed E-state index contributed by atoms with van der Waals surface area (Å²) in [5.41, 5.74) is 6.17. The molecule has 5 aromatic carbocycles. The van der Waals surface area contributed by atoms with E-state index in [0.717, 1.165) is 36.5 Å². The van der Waals surface area contributed by atoms with E-state index < -0.39 is 10.0 Å². The standard InChI is InChI=1S/C45H40N4S/c1-6-18-33(19-7-1)43-46-44(34-20-8-2-9-21-34)48-45(47-43)50(36-24-12-4-13-25-36,37-26-14-5-15-27-37)38-30-31-42-40(32-38)39-28-16-17-29-41(39)49(42)35-22-10-3-11-23-35/h1,3-6,8,10-18,20-32,43-44,46H,2,7,9,19H2,(H,47,48). The Morgan fingerprint density at radius 2 is 1.34 bits per heavy atom. The first-order valence-electron chi connectivity index (χ1n) is 17.7. The monoisotopic (exact) mass is 668 g/mol. The molecular weight excluding hydrogens is 629 g/mol. The highest BCUT2D eigenvalue weighted by Gasteiger charge is 2.41. The molecule has 0 fully saturated rings. The largest absolute Gasteiger partial charge is 0.346 e. The van der Waals surface area contributed by atoms with Gasteiger partial charge in [0.2, 0.25) is 0 Å². The van der Waals surface area contributed by atoms with Gasteiger partial charge < -0.3 is 9.88 Å². The summed E-state index contributed by atoms with van der Waals surface area (Å²) in [6.45, 7) is 0. The lowest BCUT2D eigenvalue weighted by molar-refractivity contribution is 0.460. The van der Waals surface area contributed by atoms with Crippen LogP contribution in [-0.2, 0) is 0 Å². The Morgan fingerprint density at radius 3 is 2.04 bits per heavy atom. The fourth-order valence-corrected chi connectivity index (χ4v) is 11.5. The minimum atomic E-state index is -2.10. The topological polar surface area (TPSA) is 41.4 Å². The third-order valence-corrected chi connectivity index (χ3v) is 13.8. The molecule has 6 aromatic rings. The number of benzene rings is 5. The summed E-state index contributed by atoms with van der Waals surface area (Å²) in [6.07, 6.45) is 17.6. The molecule has 2 aliphatic carbocycles. The van der Waals surface area contributed by atoms with Gasteiger partial charge in [0, 0.05) is 31.1 Å². The van der Waals surface area contributed by atoms with E-state index >= 15 is 0 Å². The summed E-state index contributed by atoms with van der Waals surface area (Å²) in [5, 5.41) is 11.5. The van der Waals surface area contributed by atoms with Crippen molar-refractivity contribution in [3.05, 3.63) is 181 Å². The summed E-state index contributed by atoms with van der Waals surface area (Å²) in [4.78, 5) is 9.50. The predicted molar refractivity (Wildman–Crippen MR) is 210 cm³/mol. The smallest absolute Gasteiger partial charge is 0.154 e. The molecule has 1 aliphatic heterocycles. The molecule has 1 aromatic heterocycles. The lowest BCUT2D eigenvalue weighted by Gasteiger charge is -2.46. The lowest BCUT2D eigenvalue weighted by atomic mass is 10.00. The van der Waals surface area contributed by atoms with Gasteiger partial charge in [-0.3, -0.25) is 5.32 Å². The normalized spacial score (nSPS) is 19.5. The van der Waals surface area contributed by atoms with Gasteiger partial charge in [-0.2, -0.15) is 0 Å². The third kappa shape index (κ3) is 5.25. The maximum absolute atomic E-state index is 5.72. The van der Waals surface area contributed by atoms with Gasteiger partial charge >= 0.3 is 0 Å². The maximum Gasteiger partial charge on any atom is 0.154 e. The zero-order valence-electron chi connectivity index (χ0n) is 28.0. The molecule has 2 unspecified atom stereocenters. The van der Waals surface area contributed by atoms with Crippen LogP contribution in [0.15, 0.2) is 201 Å². The number of para-hydroxylation sites is 2. The van der Waals surface area contributed by atoms with Gasteiger partial charge in [0.25, 0.3) is 0 Å². The molecule has 0 saturated heterocycles. The summed E-state index contributed by atoms with van der Waals surface area (Å²) in [5.74, 6) is 0. The van der Waals surface area contributed by atoms with E-state index in [1.54, 1.807) is 0 Å². The van der Waals surface area contributed by atoms with Crippen molar-refractivity contribution in [3.63, 3.8) is 0 Å². The highest BCUT2D eigenvalue weighted by Crippen LogP contribution is 2.69. The van der Waals surface area contributed by atoms with E-state index in [1.807, 2.05) is 0 Å². The van der Waals surface area contributed by atoms with Crippen LogP contribution in [0.4, 0.5) is 0 Å². The Balaban J connectivity index is 1.34. The highest BCUT2D eigenvalue weighted by molar-refractivity contribution is 8.45. The Labute approximate surface area is 295 Å². The van der Waals surface area contributed by atoms with E-state index in [1.165, 1.54) is 47.6 Å². The van der Waals surface area contributed by atoms with Crippen LogP contribution < -0.4 is 10.6 Å². The van der Waals surface area contributed by atoms with E-state index in [-0.39, 0.29) is 12.3 Å². The summed E-state index contributed by atoms with van der Waals surface area (Å²) < 4.78 is 2.40. The molecule has 0 amide bonds. The molecule has 50 heavy (non-hydrogen) atoms. The van der Waals surface area contributed by atoms with Gasteiger partial charge in [-0.05, 0) is 97.5 Å². The van der Waals surface area contributed by atoms with E-state index in [9.17, 15) is 0 Å². The van der Waals surface area contributed by atoms with Gasteiger partial charge in [0.1, 0.15) is 12.3 Å². The molecular formula is C45H40N4S. The Hall–Kier alpha value is -5.36. The number of nitrogens with zero attached hydrogens (tertiary/aromatic N) is 2. The zero-order valence-corrected chi connectivity index (χ0v) is 28.8. The molecule has 2 atom stereocenters. The number of hydrogen-bond acceptors (Lipinski definition) is 3. The molecule has 0 saturated carbocycles. The van der Waals surface area contributed by atoms with Crippen molar-refractivity contribution >= 4 is 37.0 Å². The number of allylic oxidation sites excluding steroid dienone is 5. The number of aromatic nitrogens is 1. The van der Waals surface area contributed by atoms with Gasteiger partial charge in [-0.15, -0.1) is 10.0 Å². The zero-order chi connectivity index (χ0) is 33.3. The fourth-order valence-electron chi connectivity index (χ4n) is 7.74. The first kappa shape index (κ1) is 30.7. The minimum Gasteiger partial charge on any atom is -0.346 e. The van der Waals surface area contributed by atoms with Crippen LogP contribution in [0.1, 0.15) is 25.7 Å². The molecule has 246 valence electrons. The maximum atomic E-state index is 5.72. The summed E-state index contributed by atoms with van der Waals surface area (Å²) >= 11 is 0. The van der Waals surface area contributed by atoms with Crippen molar-refractivity contribution < 1.29 is 0 Å². The summed E-state index contributed by atoms with van der Waals surface area (Å²) in [6, 6.07) is 48.8. The minimum absolute atomic E-state index is 0.0705. The first-order valence-corrected chi connectivity index (χ1v) is 19.3. The van der Waals surface area contributed by atoms with Crippen molar-refractivity contribution in [3.8, 4) is 5.69 Å². The van der Waals surface area contributed by atoms with Crippen LogP contribution in [0.25, 0.3) is 27.5 Å². The Bertz CT molecular complexity index is 2290. The molecule has 0 radical (unpaired) electrons. The summed E-state index contributed by atoms with van der Waals surface area (Å²) in [7, 11) is -2.10. The van der Waals surface area contributed by atoms with Crippen LogP contribution in [0.5, 0.6) is 0 Å². The second-order valence-corrected chi connectivity index (χ2v) is 16.1. The molecule has 0 spiro atoms. The molecule has 4 nitrogen and oxygen atoms in total. The lowest BCUT2D eigenvalue weighted by Crippen LogP contribution is -2.56. The number of hydrogen-bond donors (Lipinski definition) is 2. The Morgan fingerprint density at radius 1 is 0.640 bits per heavy atom. The van der Waals surface area contributed by atoms with Crippen molar-refractivity contribution in [2.75, 3.05) is 0 Å². The highest BCUT2D eigenvalue weighted by atomic mass is 32.3. The van der Waals surface area contributed by atoms with Gasteiger partial charge in [0.05, 0.1) is 11.0 Å². The van der Waals surface area contributed by atoms with Crippen LogP contribution in [0.2, 0.25) is 0 Å². The van der Waals surface area contributed by atoms with Crippen molar-refractivity contribution in [1.29, 1.82) is 0 Å². The fraction of sp³-hybridized carbons (Fsp3) is 0.133. The van der Waals surface area contributed by atoms with Gasteiger partial charge in [-0.1, -0.05) is 109 Å². The molecule has 2 heterocycles. The molecule has 2 N–H and O–H groups in total. The quantitative estimate of drug-likeness (QED) is 0.185. The third-order valence-electron chi connectivity index (χ3n) is 10.1. The van der Waals surface area contributed by atoms with Crippen molar-refractivity contribution in [2.45, 2.75) is 52.7 Å². The van der Waals surface area contributed by atoms with Crippen LogP contribution >= 0.6 is 10.0 Å². The van der Waals surface area contributed by atoms with E-state index in [2.05, 4.69) is 185 Å². The second kappa shape index (κ2) is 13.2.